The van der Waals surface area contributed by atoms with Crippen LogP contribution in [0.25, 0.3) is 0 Å². The Morgan fingerprint density at radius 3 is 2.32 bits per heavy atom. The Kier molecular flexibility index (Phi) is 4.19. The summed E-state index contributed by atoms with van der Waals surface area (Å²) in [5, 5.41) is 11.3. The third kappa shape index (κ3) is 2.51. The zero-order valence-corrected chi connectivity index (χ0v) is 15.5. The fourth-order valence-electron chi connectivity index (χ4n) is 4.51. The predicted octanol–water partition coefficient (Wildman–Crippen LogP) is 0.748. The molecular formula is C21H21N2O5+. The zero-order chi connectivity index (χ0) is 20.1. The number of aromatic hydroxyl groups is 1. The molecule has 4 rings (SSSR count). The molecule has 2 aliphatic heterocycles. The molecule has 0 spiro atoms. The number of hydrogen-bond acceptors (Lipinski definition) is 5. The summed E-state index contributed by atoms with van der Waals surface area (Å²) in [6.07, 6.45) is 0. The number of methoxy groups -OCH3 is 1. The molecule has 4 atom stereocenters. The summed E-state index contributed by atoms with van der Waals surface area (Å²) < 4.78 is 4.98. The van der Waals surface area contributed by atoms with E-state index in [1.165, 1.54) is 24.1 Å². The number of ether oxygens (including phenoxy) is 1. The molecule has 0 radical (unpaired) electrons. The maximum absolute atomic E-state index is 13.3. The van der Waals surface area contributed by atoms with Gasteiger partial charge >= 0.3 is 5.97 Å². The van der Waals surface area contributed by atoms with Gasteiger partial charge in [-0.1, -0.05) is 18.2 Å². The Hall–Kier alpha value is -3.19. The first-order valence-corrected chi connectivity index (χ1v) is 9.04. The molecule has 28 heavy (non-hydrogen) atoms. The molecule has 2 saturated heterocycles. The molecule has 3 N–H and O–H groups in total. The number of anilines is 1. The van der Waals surface area contributed by atoms with Crippen LogP contribution in [0.1, 0.15) is 18.5 Å². The van der Waals surface area contributed by atoms with Gasteiger partial charge in [0.15, 0.2) is 0 Å². The standard InChI is InChI=1S/C21H20N2O5/c1-21(20(27)28-2)16-15(17(22-21)12-8-10-14(24)11-9-12)18(25)23(19(16)26)13-6-4-3-5-7-13/h3-11,15-17,22,24H,1-2H3/p+1/t15-,16-,17-,21+/m0/s1. The van der Waals surface area contributed by atoms with Crippen LogP contribution < -0.4 is 10.2 Å². The summed E-state index contributed by atoms with van der Waals surface area (Å²) in [4.78, 5) is 40.4. The number of carbonyl (C=O) groups is 3. The van der Waals surface area contributed by atoms with Crippen molar-refractivity contribution in [3.05, 3.63) is 60.2 Å². The molecule has 2 aromatic rings. The minimum atomic E-state index is -1.22. The monoisotopic (exact) mass is 381 g/mol. The first kappa shape index (κ1) is 18.2. The van der Waals surface area contributed by atoms with E-state index in [2.05, 4.69) is 0 Å². The Balaban J connectivity index is 1.82. The van der Waals surface area contributed by atoms with Crippen molar-refractivity contribution in [2.45, 2.75) is 18.5 Å². The van der Waals surface area contributed by atoms with Crippen molar-refractivity contribution < 1.29 is 29.5 Å². The minimum Gasteiger partial charge on any atom is -0.508 e. The number of fused-ring (bicyclic) bond motifs is 1. The van der Waals surface area contributed by atoms with Gasteiger partial charge in [0.25, 0.3) is 0 Å². The Morgan fingerprint density at radius 1 is 1.07 bits per heavy atom. The van der Waals surface area contributed by atoms with Gasteiger partial charge in [0.05, 0.1) is 12.8 Å². The van der Waals surface area contributed by atoms with Gasteiger partial charge in [0, 0.05) is 12.5 Å². The molecule has 0 aliphatic carbocycles. The van der Waals surface area contributed by atoms with E-state index in [1.54, 1.807) is 54.7 Å². The Bertz CT molecular complexity index is 943. The van der Waals surface area contributed by atoms with Crippen LogP contribution in [0.5, 0.6) is 5.75 Å². The van der Waals surface area contributed by atoms with E-state index >= 15 is 0 Å². The van der Waals surface area contributed by atoms with Crippen LogP contribution in [0.4, 0.5) is 5.69 Å². The highest BCUT2D eigenvalue weighted by Gasteiger charge is 2.70. The molecule has 2 heterocycles. The summed E-state index contributed by atoms with van der Waals surface area (Å²) in [5.41, 5.74) is 0.0261. The number of benzene rings is 2. The van der Waals surface area contributed by atoms with Crippen LogP contribution in [0.2, 0.25) is 0 Å². The number of hydrogen-bond donors (Lipinski definition) is 2. The van der Waals surface area contributed by atoms with E-state index < -0.39 is 35.3 Å². The molecule has 7 nitrogen and oxygen atoms in total. The maximum atomic E-state index is 13.3. The van der Waals surface area contributed by atoms with Crippen molar-refractivity contribution >= 4 is 23.5 Å². The van der Waals surface area contributed by atoms with Crippen molar-refractivity contribution in [3.63, 3.8) is 0 Å². The van der Waals surface area contributed by atoms with Crippen LogP contribution in [0, 0.1) is 11.8 Å². The second-order valence-corrected chi connectivity index (χ2v) is 7.41. The lowest BCUT2D eigenvalue weighted by atomic mass is 9.80. The van der Waals surface area contributed by atoms with E-state index in [0.717, 1.165) is 5.56 Å². The number of nitrogens with zero attached hydrogens (tertiary/aromatic N) is 1. The van der Waals surface area contributed by atoms with Crippen LogP contribution in [-0.2, 0) is 19.1 Å². The molecule has 144 valence electrons. The summed E-state index contributed by atoms with van der Waals surface area (Å²) >= 11 is 0. The third-order valence-corrected chi connectivity index (χ3v) is 5.83. The van der Waals surface area contributed by atoms with E-state index in [9.17, 15) is 19.5 Å². The molecule has 0 aromatic heterocycles. The number of amides is 2. The second-order valence-electron chi connectivity index (χ2n) is 7.41. The molecule has 0 unspecified atom stereocenters. The lowest BCUT2D eigenvalue weighted by Crippen LogP contribution is -2.97. The first-order valence-electron chi connectivity index (χ1n) is 9.04. The number of quaternary nitrogens is 1. The van der Waals surface area contributed by atoms with Crippen molar-refractivity contribution in [2.75, 3.05) is 12.0 Å². The Labute approximate surface area is 161 Å². The average Bonchev–Trinajstić information content (AvgIpc) is 3.16. The van der Waals surface area contributed by atoms with Crippen molar-refractivity contribution in [2.24, 2.45) is 11.8 Å². The number of para-hydroxylation sites is 1. The normalized spacial score (nSPS) is 29.1. The number of imide groups is 1. The first-order chi connectivity index (χ1) is 13.4. The highest BCUT2D eigenvalue weighted by atomic mass is 16.5. The highest BCUT2D eigenvalue weighted by Crippen LogP contribution is 2.45. The van der Waals surface area contributed by atoms with Gasteiger partial charge < -0.3 is 15.2 Å². The molecule has 7 heteroatoms. The van der Waals surface area contributed by atoms with E-state index in [1.807, 2.05) is 0 Å². The van der Waals surface area contributed by atoms with Gasteiger partial charge in [-0.15, -0.1) is 0 Å². The summed E-state index contributed by atoms with van der Waals surface area (Å²) in [6.45, 7) is 1.65. The average molecular weight is 381 g/mol. The van der Waals surface area contributed by atoms with Crippen molar-refractivity contribution in [3.8, 4) is 5.75 Å². The zero-order valence-electron chi connectivity index (χ0n) is 15.5. The lowest BCUT2D eigenvalue weighted by molar-refractivity contribution is -0.730. The van der Waals surface area contributed by atoms with E-state index in [-0.39, 0.29) is 11.7 Å². The van der Waals surface area contributed by atoms with Gasteiger partial charge in [0.1, 0.15) is 23.6 Å². The van der Waals surface area contributed by atoms with Gasteiger partial charge in [-0.3, -0.25) is 9.59 Å². The molecule has 2 aromatic carbocycles. The highest BCUT2D eigenvalue weighted by molar-refractivity contribution is 6.23. The summed E-state index contributed by atoms with van der Waals surface area (Å²) in [7, 11) is 1.28. The SMILES string of the molecule is COC(=O)[C@]1(C)[NH2+][C@@H](c2ccc(O)cc2)[C@H]2C(=O)N(c3ccccc3)C(=O)[C@H]21. The van der Waals surface area contributed by atoms with Crippen molar-refractivity contribution in [1.82, 2.24) is 0 Å². The largest absolute Gasteiger partial charge is 0.508 e. The van der Waals surface area contributed by atoms with E-state index in [0.29, 0.717) is 5.69 Å². The van der Waals surface area contributed by atoms with E-state index in [4.69, 9.17) is 4.74 Å². The van der Waals surface area contributed by atoms with Gasteiger partial charge in [-0.05, 0) is 36.4 Å². The van der Waals surface area contributed by atoms with Crippen LogP contribution >= 0.6 is 0 Å². The minimum absolute atomic E-state index is 0.105. The van der Waals surface area contributed by atoms with Crippen molar-refractivity contribution in [1.29, 1.82) is 0 Å². The molecule has 0 saturated carbocycles. The maximum Gasteiger partial charge on any atom is 0.368 e. The predicted molar refractivity (Wildman–Crippen MR) is 99.1 cm³/mol. The summed E-state index contributed by atoms with van der Waals surface area (Å²) in [5.74, 6) is -2.71. The topological polar surface area (TPSA) is 101 Å². The van der Waals surface area contributed by atoms with Crippen LogP contribution in [0.15, 0.2) is 54.6 Å². The van der Waals surface area contributed by atoms with Gasteiger partial charge in [-0.2, -0.15) is 0 Å². The number of phenolic OH excluding ortho intramolecular Hbond substituents is 1. The molecule has 0 bridgehead atoms. The van der Waals surface area contributed by atoms with Crippen LogP contribution in [-0.4, -0.2) is 35.5 Å². The molecule has 2 fully saturated rings. The second kappa shape index (κ2) is 6.45. The fraction of sp³-hybridized carbons (Fsp3) is 0.286. The fourth-order valence-corrected chi connectivity index (χ4v) is 4.51. The smallest absolute Gasteiger partial charge is 0.368 e. The number of esters is 1. The number of nitrogens with two attached hydrogens (primary N) is 1. The third-order valence-electron chi connectivity index (χ3n) is 5.83. The molecular weight excluding hydrogens is 360 g/mol. The number of phenols is 1. The molecule has 2 amide bonds. The molecule has 2 aliphatic rings. The van der Waals surface area contributed by atoms with Crippen LogP contribution in [0.3, 0.4) is 0 Å². The quantitative estimate of drug-likeness (QED) is 0.604. The van der Waals surface area contributed by atoms with Gasteiger partial charge in [0.2, 0.25) is 17.4 Å². The number of rotatable bonds is 3. The van der Waals surface area contributed by atoms with Gasteiger partial charge in [-0.25, -0.2) is 9.69 Å². The summed E-state index contributed by atoms with van der Waals surface area (Å²) in [6, 6.07) is 14.8. The Morgan fingerprint density at radius 2 is 1.71 bits per heavy atom. The lowest BCUT2D eigenvalue weighted by Gasteiger charge is -2.25. The number of carbonyl (C=O) groups excluding carboxylic acids is 3.